The van der Waals surface area contributed by atoms with Crippen LogP contribution in [0.2, 0.25) is 0 Å². The van der Waals surface area contributed by atoms with Crippen LogP contribution in [-0.2, 0) is 15.1 Å². The summed E-state index contributed by atoms with van der Waals surface area (Å²) in [4.78, 5) is 26.5. The molecule has 8 heteroatoms. The Kier molecular flexibility index (Phi) is 5.09. The van der Waals surface area contributed by atoms with Gasteiger partial charge >= 0.3 is 0 Å². The number of hydrogen-bond donors (Lipinski definition) is 1. The maximum Gasteiger partial charge on any atom is 0.227 e. The maximum atomic E-state index is 14.1. The topological polar surface area (TPSA) is 67.9 Å². The van der Waals surface area contributed by atoms with Gasteiger partial charge in [0.1, 0.15) is 24.8 Å². The summed E-state index contributed by atoms with van der Waals surface area (Å²) in [6.07, 6.45) is -0.0418. The molecule has 1 atom stereocenters. The molecule has 0 radical (unpaired) electrons. The van der Waals surface area contributed by atoms with Crippen LogP contribution in [-0.4, -0.2) is 31.6 Å². The monoisotopic (exact) mass is 416 g/mol. The van der Waals surface area contributed by atoms with Gasteiger partial charge in [0.2, 0.25) is 11.8 Å². The van der Waals surface area contributed by atoms with E-state index in [2.05, 4.69) is 5.32 Å². The van der Waals surface area contributed by atoms with E-state index in [0.29, 0.717) is 24.7 Å². The Morgan fingerprint density at radius 2 is 1.83 bits per heavy atom. The Morgan fingerprint density at radius 3 is 2.57 bits per heavy atom. The van der Waals surface area contributed by atoms with Crippen molar-refractivity contribution in [1.82, 2.24) is 5.32 Å². The van der Waals surface area contributed by atoms with Gasteiger partial charge in [0.05, 0.1) is 17.1 Å². The lowest BCUT2D eigenvalue weighted by Crippen LogP contribution is -2.44. The molecule has 2 aliphatic rings. The van der Waals surface area contributed by atoms with Crippen LogP contribution in [0, 0.1) is 17.6 Å². The van der Waals surface area contributed by atoms with E-state index in [-0.39, 0.29) is 30.5 Å². The molecule has 158 valence electrons. The van der Waals surface area contributed by atoms with E-state index in [1.165, 1.54) is 11.0 Å². The molecule has 2 aromatic rings. The average molecular weight is 416 g/mol. The number of hydrogen-bond acceptors (Lipinski definition) is 4. The van der Waals surface area contributed by atoms with Crippen molar-refractivity contribution in [3.05, 3.63) is 53.6 Å². The van der Waals surface area contributed by atoms with Gasteiger partial charge in [0, 0.05) is 19.0 Å². The van der Waals surface area contributed by atoms with Gasteiger partial charge in [-0.15, -0.1) is 0 Å². The van der Waals surface area contributed by atoms with E-state index in [1.54, 1.807) is 6.07 Å². The summed E-state index contributed by atoms with van der Waals surface area (Å²) in [7, 11) is 0. The third kappa shape index (κ3) is 3.81. The molecule has 4 rings (SSSR count). The van der Waals surface area contributed by atoms with E-state index < -0.39 is 23.1 Å². The molecule has 1 saturated heterocycles. The first-order valence-electron chi connectivity index (χ1n) is 9.72. The fraction of sp³-hybridized carbons (Fsp3) is 0.364. The van der Waals surface area contributed by atoms with Crippen molar-refractivity contribution in [1.29, 1.82) is 0 Å². The van der Waals surface area contributed by atoms with E-state index in [1.807, 2.05) is 26.0 Å². The van der Waals surface area contributed by atoms with Gasteiger partial charge in [-0.3, -0.25) is 9.59 Å². The highest BCUT2D eigenvalue weighted by molar-refractivity contribution is 6.00. The average Bonchev–Trinajstić information content (AvgIpc) is 3.09. The summed E-state index contributed by atoms with van der Waals surface area (Å²) in [5.74, 6) is -1.61. The largest absolute Gasteiger partial charge is 0.486 e. The van der Waals surface area contributed by atoms with E-state index >= 15 is 0 Å². The highest BCUT2D eigenvalue weighted by atomic mass is 19.1. The fourth-order valence-corrected chi connectivity index (χ4v) is 3.73. The molecule has 0 aliphatic carbocycles. The molecule has 6 nitrogen and oxygen atoms in total. The zero-order chi connectivity index (χ0) is 21.5. The number of amides is 2. The third-order valence-electron chi connectivity index (χ3n) is 5.40. The lowest BCUT2D eigenvalue weighted by Gasteiger charge is -2.30. The summed E-state index contributed by atoms with van der Waals surface area (Å²) < 4.78 is 38.4. The SMILES string of the molecule is CC(C)(NC(=O)C1CC(=O)N(c2ccc(F)cc2F)C1)c1ccc2c(c1)OCCO2. The molecule has 1 fully saturated rings. The lowest BCUT2D eigenvalue weighted by atomic mass is 9.92. The van der Waals surface area contributed by atoms with Crippen molar-refractivity contribution in [2.75, 3.05) is 24.7 Å². The van der Waals surface area contributed by atoms with Crippen LogP contribution >= 0.6 is 0 Å². The fourth-order valence-electron chi connectivity index (χ4n) is 3.73. The van der Waals surface area contributed by atoms with Gasteiger partial charge < -0.3 is 19.7 Å². The molecule has 2 heterocycles. The second-order valence-corrected chi connectivity index (χ2v) is 7.97. The smallest absolute Gasteiger partial charge is 0.227 e. The van der Waals surface area contributed by atoms with Gasteiger partial charge in [-0.2, -0.15) is 0 Å². The number of fused-ring (bicyclic) bond motifs is 1. The minimum atomic E-state index is -0.832. The van der Waals surface area contributed by atoms with Crippen molar-refractivity contribution < 1.29 is 27.8 Å². The number of nitrogens with one attached hydrogen (secondary N) is 1. The number of benzene rings is 2. The van der Waals surface area contributed by atoms with Crippen molar-refractivity contribution >= 4 is 17.5 Å². The van der Waals surface area contributed by atoms with Crippen molar-refractivity contribution in [2.45, 2.75) is 25.8 Å². The standard InChI is InChI=1S/C22H22F2N2O4/c1-22(2,14-3-6-18-19(10-14)30-8-7-29-18)25-21(28)13-9-20(27)26(12-13)17-5-4-15(23)11-16(17)24/h3-6,10-11,13H,7-9,12H2,1-2H3,(H,25,28). The van der Waals surface area contributed by atoms with Gasteiger partial charge in [-0.05, 0) is 43.7 Å². The molecule has 2 aliphatic heterocycles. The first-order valence-corrected chi connectivity index (χ1v) is 9.72. The lowest BCUT2D eigenvalue weighted by molar-refractivity contribution is -0.127. The van der Waals surface area contributed by atoms with Gasteiger partial charge in [0.25, 0.3) is 0 Å². The molecule has 0 spiro atoms. The van der Waals surface area contributed by atoms with E-state index in [4.69, 9.17) is 9.47 Å². The molecule has 0 saturated carbocycles. The molecular formula is C22H22F2N2O4. The van der Waals surface area contributed by atoms with Crippen molar-refractivity contribution in [3.8, 4) is 11.5 Å². The predicted molar refractivity (Wildman–Crippen MR) is 105 cm³/mol. The van der Waals surface area contributed by atoms with Crippen molar-refractivity contribution in [2.24, 2.45) is 5.92 Å². The summed E-state index contributed by atoms with van der Waals surface area (Å²) >= 11 is 0. The van der Waals surface area contributed by atoms with Gasteiger partial charge in [0.15, 0.2) is 11.5 Å². The molecule has 2 aromatic carbocycles. The van der Waals surface area contributed by atoms with Crippen LogP contribution in [0.3, 0.4) is 0 Å². The Labute approximate surface area is 172 Å². The molecule has 1 unspecified atom stereocenters. The second-order valence-electron chi connectivity index (χ2n) is 7.97. The summed E-state index contributed by atoms with van der Waals surface area (Å²) in [6.45, 7) is 4.69. The minimum Gasteiger partial charge on any atom is -0.486 e. The molecule has 30 heavy (non-hydrogen) atoms. The van der Waals surface area contributed by atoms with Gasteiger partial charge in [-0.25, -0.2) is 8.78 Å². The Hall–Kier alpha value is -3.16. The number of rotatable bonds is 4. The van der Waals surface area contributed by atoms with Crippen LogP contribution in [0.4, 0.5) is 14.5 Å². The van der Waals surface area contributed by atoms with Crippen molar-refractivity contribution in [3.63, 3.8) is 0 Å². The first kappa shape index (κ1) is 20.1. The zero-order valence-corrected chi connectivity index (χ0v) is 16.7. The maximum absolute atomic E-state index is 14.1. The molecule has 2 amide bonds. The highest BCUT2D eigenvalue weighted by Crippen LogP contribution is 2.35. The number of carbonyl (C=O) groups is 2. The first-order chi connectivity index (χ1) is 14.2. The molecule has 0 aromatic heterocycles. The predicted octanol–water partition coefficient (Wildman–Crippen LogP) is 3.14. The van der Waals surface area contributed by atoms with E-state index in [9.17, 15) is 18.4 Å². The van der Waals surface area contributed by atoms with Crippen LogP contribution in [0.25, 0.3) is 0 Å². The number of anilines is 1. The van der Waals surface area contributed by atoms with Crippen LogP contribution < -0.4 is 19.7 Å². The normalized spacial score (nSPS) is 18.5. The Morgan fingerprint density at radius 1 is 1.10 bits per heavy atom. The quantitative estimate of drug-likeness (QED) is 0.832. The molecule has 1 N–H and O–H groups in total. The Balaban J connectivity index is 1.47. The third-order valence-corrected chi connectivity index (χ3v) is 5.40. The molecule has 0 bridgehead atoms. The van der Waals surface area contributed by atoms with Crippen LogP contribution in [0.1, 0.15) is 25.8 Å². The number of nitrogens with zero attached hydrogens (tertiary/aromatic N) is 1. The summed E-state index contributed by atoms with van der Waals surface area (Å²) in [5.41, 5.74) is 0.0680. The van der Waals surface area contributed by atoms with Gasteiger partial charge in [-0.1, -0.05) is 6.07 Å². The Bertz CT molecular complexity index is 1010. The second kappa shape index (κ2) is 7.59. The number of carbonyl (C=O) groups excluding carboxylic acids is 2. The summed E-state index contributed by atoms with van der Waals surface area (Å²) in [5, 5.41) is 2.97. The number of halogens is 2. The number of ether oxygens (including phenoxy) is 2. The highest BCUT2D eigenvalue weighted by Gasteiger charge is 2.38. The minimum absolute atomic E-state index is 0.0252. The van der Waals surface area contributed by atoms with E-state index in [0.717, 1.165) is 17.7 Å². The molecular weight excluding hydrogens is 394 g/mol. The van der Waals surface area contributed by atoms with Crippen LogP contribution in [0.5, 0.6) is 11.5 Å². The zero-order valence-electron chi connectivity index (χ0n) is 16.7. The van der Waals surface area contributed by atoms with Crippen LogP contribution in [0.15, 0.2) is 36.4 Å². The summed E-state index contributed by atoms with van der Waals surface area (Å²) in [6, 6.07) is 8.51.